The summed E-state index contributed by atoms with van der Waals surface area (Å²) < 4.78 is 61.4. The number of hydrazine groups is 1. The Morgan fingerprint density at radius 1 is 0.471 bits per heavy atom. The van der Waals surface area contributed by atoms with Crippen LogP contribution in [0.4, 0.5) is 4.79 Å². The first-order chi connectivity index (χ1) is 50.6. The molecule has 0 bridgehead atoms. The molecule has 29 nitrogen and oxygen atoms in total. The molecule has 1 unspecified atom stereocenters. The van der Waals surface area contributed by atoms with Crippen LogP contribution in [-0.4, -0.2) is 233 Å². The molecular formula is C75H132N8O21. The number of alkyl carbamates (subject to hydrolysis) is 1. The highest BCUT2D eigenvalue weighted by Gasteiger charge is 2.26. The molecule has 8 amide bonds. The molecule has 9 N–H and O–H groups in total. The molecule has 1 rings (SSSR count). The normalized spacial score (nSPS) is 12.5. The number of hydrogen-bond acceptors (Lipinski definition) is 20. The van der Waals surface area contributed by atoms with Crippen LogP contribution in [0.25, 0.3) is 0 Å². The lowest BCUT2D eigenvalue weighted by Gasteiger charge is -2.24. The van der Waals surface area contributed by atoms with E-state index in [2.05, 4.69) is 45.9 Å². The molecule has 0 aliphatic carbocycles. The van der Waals surface area contributed by atoms with Gasteiger partial charge in [0.15, 0.2) is 0 Å². The fourth-order valence-electron chi connectivity index (χ4n) is 10.1. The largest absolute Gasteiger partial charge is 0.480 e. The molecule has 0 fully saturated rings. The lowest BCUT2D eigenvalue weighted by molar-refractivity contribution is -0.142. The van der Waals surface area contributed by atoms with Gasteiger partial charge in [-0.3, -0.25) is 39.0 Å². The number of carboxylic acids is 1. The molecule has 0 spiro atoms. The zero-order valence-electron chi connectivity index (χ0n) is 63.3. The first kappa shape index (κ1) is 95.6. The Kier molecular flexibility index (Phi) is 64.0. The minimum absolute atomic E-state index is 0.0208. The maximum atomic E-state index is 12.9. The summed E-state index contributed by atoms with van der Waals surface area (Å²) in [7, 11) is 0. The van der Waals surface area contributed by atoms with Crippen molar-refractivity contribution in [2.75, 3.05) is 145 Å². The van der Waals surface area contributed by atoms with E-state index in [1.807, 2.05) is 6.07 Å². The van der Waals surface area contributed by atoms with Gasteiger partial charge in [-0.15, -0.1) is 0 Å². The summed E-state index contributed by atoms with van der Waals surface area (Å²) in [5.41, 5.74) is 8.18. The average molecular weight is 1480 g/mol. The molecular weight excluding hydrogens is 1350 g/mol. The number of nitrogens with one attached hydrogen (secondary N) is 6. The van der Waals surface area contributed by atoms with E-state index < -0.39 is 72.2 Å². The second kappa shape index (κ2) is 69.6. The summed E-state index contributed by atoms with van der Waals surface area (Å²) >= 11 is 0. The minimum atomic E-state index is -1.23. The van der Waals surface area contributed by atoms with Crippen molar-refractivity contribution in [2.45, 2.75) is 232 Å². The van der Waals surface area contributed by atoms with Crippen LogP contribution in [0.3, 0.4) is 0 Å². The third-order valence-electron chi connectivity index (χ3n) is 16.1. The van der Waals surface area contributed by atoms with Gasteiger partial charge < -0.3 is 89.5 Å². The van der Waals surface area contributed by atoms with E-state index in [1.54, 1.807) is 24.3 Å². The first-order valence-corrected chi connectivity index (χ1v) is 38.3. The van der Waals surface area contributed by atoms with Crippen LogP contribution < -0.4 is 37.7 Å². The average Bonchev–Trinajstić information content (AvgIpc) is 0.889. The Labute approximate surface area is 619 Å². The number of hydrogen-bond donors (Lipinski definition) is 8. The van der Waals surface area contributed by atoms with E-state index >= 15 is 0 Å². The summed E-state index contributed by atoms with van der Waals surface area (Å²) in [6, 6.07) is 5.33. The first-order valence-electron chi connectivity index (χ1n) is 38.3. The molecule has 598 valence electrons. The predicted molar refractivity (Wildman–Crippen MR) is 394 cm³/mol. The predicted octanol–water partition coefficient (Wildman–Crippen LogP) is 7.62. The Morgan fingerprint density at radius 2 is 0.913 bits per heavy atom. The van der Waals surface area contributed by atoms with Crippen molar-refractivity contribution >= 4 is 53.4 Å². The number of unbranched alkanes of at least 4 members (excludes halogenated alkanes) is 22. The number of aliphatic carboxylic acids is 1. The van der Waals surface area contributed by atoms with Gasteiger partial charge in [-0.05, 0) is 38.7 Å². The molecule has 0 radical (unpaired) electrons. The highest BCUT2D eigenvalue weighted by Crippen LogP contribution is 2.15. The number of amides is 8. The molecule has 0 aromatic heterocycles. The maximum absolute atomic E-state index is 12.9. The lowest BCUT2D eigenvalue weighted by atomic mass is 10.1. The summed E-state index contributed by atoms with van der Waals surface area (Å²) in [6.45, 7) is 13.2. The van der Waals surface area contributed by atoms with Crippen molar-refractivity contribution in [3.8, 4) is 0 Å². The number of rotatable bonds is 73. The van der Waals surface area contributed by atoms with Gasteiger partial charge in [-0.1, -0.05) is 185 Å². The van der Waals surface area contributed by atoms with Gasteiger partial charge in [0.2, 0.25) is 29.5 Å². The van der Waals surface area contributed by atoms with Crippen LogP contribution in [0, 0.1) is 0 Å². The van der Waals surface area contributed by atoms with Crippen molar-refractivity contribution in [1.82, 2.24) is 37.0 Å². The van der Waals surface area contributed by atoms with E-state index in [0.29, 0.717) is 90.9 Å². The highest BCUT2D eigenvalue weighted by molar-refractivity contribution is 5.99. The molecule has 0 saturated heterocycles. The molecule has 0 saturated carbocycles. The number of carboxylic acid groups (broad SMARTS) is 1. The van der Waals surface area contributed by atoms with Crippen LogP contribution in [0.15, 0.2) is 42.5 Å². The minimum Gasteiger partial charge on any atom is -0.480 e. The number of carbonyl (C=O) groups excluding carboxylic acids is 8. The van der Waals surface area contributed by atoms with E-state index in [0.717, 1.165) is 43.4 Å². The molecule has 1 aromatic rings. The van der Waals surface area contributed by atoms with E-state index in [1.165, 1.54) is 142 Å². The SMILES string of the molecule is CCCCCCCCCCCCCCOCC(CNC(=O)CC[C@H](NC(=O)CCOCCOCCOCCOCCOCCOCCOCCOCCNC(=O)/C=C/C(=O)N(CC(N)=O)NC(=O)[C@H](C)NC(=O)[C@H](C)NC(=O)OCc1ccccc1)C(=O)O)OCCCCCCCCCCCCCC. The number of primary amides is 1. The van der Waals surface area contributed by atoms with Crippen LogP contribution in [-0.2, 0) is 97.1 Å². The Hall–Kier alpha value is -6.41. The molecule has 29 heteroatoms. The molecule has 104 heavy (non-hydrogen) atoms. The monoisotopic (exact) mass is 1480 g/mol. The summed E-state index contributed by atoms with van der Waals surface area (Å²) in [6.07, 6.45) is 30.7. The van der Waals surface area contributed by atoms with Crippen LogP contribution in [0.2, 0.25) is 0 Å². The number of nitrogens with two attached hydrogens (primary N) is 1. The van der Waals surface area contributed by atoms with Gasteiger partial charge in [0.25, 0.3) is 11.8 Å². The fourth-order valence-corrected chi connectivity index (χ4v) is 10.1. The van der Waals surface area contributed by atoms with Gasteiger partial charge in [0.05, 0.1) is 118 Å². The van der Waals surface area contributed by atoms with Crippen molar-refractivity contribution in [2.24, 2.45) is 5.73 Å². The standard InChI is InChI=1S/C75H132N8O21/c1-5-7-9-11-13-15-17-19-21-23-25-30-40-102-61-65(103-41-31-26-24-22-20-18-16-14-12-10-8-6-2)58-78-69(86)35-34-66(74(91)92)81-70(87)38-42-94-44-46-96-48-50-98-52-54-100-56-57-101-55-53-99-51-49-97-47-45-95-43-39-77-68(85)36-37-71(88)83(59-67(76)84)82-73(90)63(4)79-72(89)62(3)80-75(93)104-60-64-32-28-27-29-33-64/h27-29,32-33,36-37,62-63,65-66H,5-26,30-31,34-35,38-61H2,1-4H3,(H2,76,84)(H,77,85)(H,78,86)(H,79,89)(H,80,93)(H,81,87)(H,82,90)(H,91,92)/b37-36+/t62-,63-,65?,66-/m0/s1. The maximum Gasteiger partial charge on any atom is 0.408 e. The molecule has 1 aromatic carbocycles. The van der Waals surface area contributed by atoms with Crippen molar-refractivity contribution in [1.29, 1.82) is 0 Å². The molecule has 0 aliphatic rings. The van der Waals surface area contributed by atoms with Gasteiger partial charge >= 0.3 is 12.1 Å². The number of carbonyl (C=O) groups is 9. The van der Waals surface area contributed by atoms with Gasteiger partial charge in [0, 0.05) is 51.3 Å². The summed E-state index contributed by atoms with van der Waals surface area (Å²) in [5, 5.41) is 23.1. The zero-order chi connectivity index (χ0) is 76.0. The number of benzene rings is 1. The summed E-state index contributed by atoms with van der Waals surface area (Å²) in [4.78, 5) is 112. The Balaban J connectivity index is 2.10. The van der Waals surface area contributed by atoms with Crippen LogP contribution in [0.1, 0.15) is 207 Å². The zero-order valence-corrected chi connectivity index (χ0v) is 63.3. The molecule has 0 aliphatic heterocycles. The number of nitrogens with zero attached hydrogens (tertiary/aromatic N) is 1. The Bertz CT molecular complexity index is 2380. The van der Waals surface area contributed by atoms with E-state index in [9.17, 15) is 48.3 Å². The third kappa shape index (κ3) is 60.8. The third-order valence-corrected chi connectivity index (χ3v) is 16.1. The van der Waals surface area contributed by atoms with Gasteiger partial charge in [-0.25, -0.2) is 14.6 Å². The topological polar surface area (TPSA) is 377 Å². The summed E-state index contributed by atoms with van der Waals surface area (Å²) in [5.74, 6) is -6.25. The van der Waals surface area contributed by atoms with E-state index in [-0.39, 0.29) is 90.6 Å². The second-order valence-electron chi connectivity index (χ2n) is 25.4. The quantitative estimate of drug-likeness (QED) is 0.0176. The highest BCUT2D eigenvalue weighted by atomic mass is 16.6. The van der Waals surface area contributed by atoms with Gasteiger partial charge in [0.1, 0.15) is 31.3 Å². The molecule has 0 heterocycles. The Morgan fingerprint density at radius 3 is 1.38 bits per heavy atom. The van der Waals surface area contributed by atoms with Crippen molar-refractivity contribution in [3.05, 3.63) is 48.0 Å². The second-order valence-corrected chi connectivity index (χ2v) is 25.4. The lowest BCUT2D eigenvalue weighted by Crippen LogP contribution is -2.56. The van der Waals surface area contributed by atoms with E-state index in [4.69, 9.17) is 57.8 Å². The van der Waals surface area contributed by atoms with Crippen molar-refractivity contribution in [3.63, 3.8) is 0 Å². The smallest absolute Gasteiger partial charge is 0.408 e. The van der Waals surface area contributed by atoms with Crippen LogP contribution in [0.5, 0.6) is 0 Å². The fraction of sp³-hybridized carbons (Fsp3) is 0.773. The molecule has 4 atom stereocenters. The van der Waals surface area contributed by atoms with Crippen molar-refractivity contribution < 1.29 is 100 Å². The number of ether oxygens (including phenoxy) is 11. The van der Waals surface area contributed by atoms with Gasteiger partial charge in [-0.2, -0.15) is 0 Å². The van der Waals surface area contributed by atoms with Crippen LogP contribution >= 0.6 is 0 Å².